The fourth-order valence-electron chi connectivity index (χ4n) is 5.96. The van der Waals surface area contributed by atoms with Gasteiger partial charge in [-0.1, -0.05) is 24.3 Å². The number of carbonyl (C=O) groups excluding carboxylic acids is 3. The Bertz CT molecular complexity index is 1770. The van der Waals surface area contributed by atoms with Crippen molar-refractivity contribution < 1.29 is 29.0 Å². The maximum Gasteiger partial charge on any atom is 0.407 e. The summed E-state index contributed by atoms with van der Waals surface area (Å²) in [6.07, 6.45) is 2.41. The van der Waals surface area contributed by atoms with E-state index in [1.165, 1.54) is 4.90 Å². The van der Waals surface area contributed by atoms with Gasteiger partial charge in [-0.2, -0.15) is 0 Å². The molecule has 0 aliphatic heterocycles. The summed E-state index contributed by atoms with van der Waals surface area (Å²) in [5.41, 5.74) is 16.5. The average Bonchev–Trinajstić information content (AvgIpc) is 3.63. The standard InChI is InChI=1S/C35H43N9O4.CH2O2/c1-21-28(17-18-30(37)39-21)24-9-5-22(6-10-24)19-29(36)33(46)44(27-15-13-25(14-16-27)31-40-42-43-41-31)32(45)26-11-7-23(8-12-26)20-38-34(47)48-35(2,3)4;2-1-3/h5-6,9-10,13-18,23,26,29H,7-8,11-12,19-20,36H2,1-4H3,(H2,37,39)(H,38,47)(H,40,41,42,43);1H,(H,2,3)/t23-,26-,29-;/m0./s1. The molecule has 7 N–H and O–H groups in total. The maximum absolute atomic E-state index is 14.1. The van der Waals surface area contributed by atoms with Crippen molar-refractivity contribution in [2.45, 2.75) is 71.4 Å². The van der Waals surface area contributed by atoms with Crippen LogP contribution in [0.15, 0.2) is 60.7 Å². The van der Waals surface area contributed by atoms with Gasteiger partial charge in [0.2, 0.25) is 5.91 Å². The summed E-state index contributed by atoms with van der Waals surface area (Å²) in [6, 6.07) is 17.4. The highest BCUT2D eigenvalue weighted by Gasteiger charge is 2.35. The number of alkyl carbamates (subject to hydrolysis) is 1. The molecule has 15 nitrogen and oxygen atoms in total. The number of imide groups is 1. The molecule has 0 saturated heterocycles. The minimum absolute atomic E-state index is 0.207. The fraction of sp³-hybridized carbons (Fsp3) is 0.389. The molecular weight excluding hydrogens is 654 g/mol. The predicted molar refractivity (Wildman–Crippen MR) is 191 cm³/mol. The fourth-order valence-corrected chi connectivity index (χ4v) is 5.96. The first kappa shape index (κ1) is 38.1. The van der Waals surface area contributed by atoms with E-state index >= 15 is 0 Å². The highest BCUT2D eigenvalue weighted by Crippen LogP contribution is 2.32. The van der Waals surface area contributed by atoms with Crippen LogP contribution in [-0.2, 0) is 25.5 Å². The van der Waals surface area contributed by atoms with Crippen LogP contribution in [0.5, 0.6) is 0 Å². The summed E-state index contributed by atoms with van der Waals surface area (Å²) in [6.45, 7) is 7.58. The number of amides is 3. The number of anilines is 2. The first-order valence-corrected chi connectivity index (χ1v) is 16.6. The number of hydrogen-bond donors (Lipinski definition) is 5. The molecule has 2 heterocycles. The van der Waals surface area contributed by atoms with Crippen molar-refractivity contribution in [2.75, 3.05) is 17.2 Å². The molecule has 5 rings (SSSR count). The van der Waals surface area contributed by atoms with E-state index in [1.807, 2.05) is 58.0 Å². The van der Waals surface area contributed by atoms with Crippen LogP contribution in [0.4, 0.5) is 16.3 Å². The van der Waals surface area contributed by atoms with Crippen molar-refractivity contribution in [3.8, 4) is 22.5 Å². The number of nitrogens with zero attached hydrogens (tertiary/aromatic N) is 5. The Kier molecular flexibility index (Phi) is 12.9. The topological polar surface area (TPSA) is 232 Å². The van der Waals surface area contributed by atoms with Crippen LogP contribution in [0, 0.1) is 18.8 Å². The lowest BCUT2D eigenvalue weighted by Gasteiger charge is -2.32. The van der Waals surface area contributed by atoms with Gasteiger partial charge in [0.1, 0.15) is 11.4 Å². The summed E-state index contributed by atoms with van der Waals surface area (Å²) < 4.78 is 5.35. The number of ether oxygens (including phenoxy) is 1. The highest BCUT2D eigenvalue weighted by atomic mass is 16.6. The number of aryl methyl sites for hydroxylation is 1. The number of nitrogens with one attached hydrogen (secondary N) is 2. The second-order valence-electron chi connectivity index (χ2n) is 13.4. The number of hydrogen-bond acceptors (Lipinski definition) is 11. The van der Waals surface area contributed by atoms with Gasteiger partial charge in [-0.15, -0.1) is 5.10 Å². The van der Waals surface area contributed by atoms with Gasteiger partial charge in [0.15, 0.2) is 5.82 Å². The SMILES string of the molecule is Cc1nc(N)ccc1-c1ccc(C[C@H](N)C(=O)N(c2ccc(-c3nnn[nH]3)cc2)C(=O)[C@H]2CC[C@H](CNC(=O)OC(C)(C)C)CC2)cc1.O=CO. The number of nitrogen functional groups attached to an aromatic ring is 1. The molecule has 0 bridgehead atoms. The number of nitrogens with two attached hydrogens (primary N) is 2. The van der Waals surface area contributed by atoms with Crippen molar-refractivity contribution in [1.82, 2.24) is 30.9 Å². The molecule has 0 unspecified atom stereocenters. The minimum Gasteiger partial charge on any atom is -0.483 e. The van der Waals surface area contributed by atoms with Gasteiger partial charge in [-0.25, -0.2) is 19.8 Å². The zero-order chi connectivity index (χ0) is 37.1. The molecule has 1 aliphatic rings. The molecule has 270 valence electrons. The van der Waals surface area contributed by atoms with E-state index in [9.17, 15) is 14.4 Å². The Hall–Kier alpha value is -5.70. The zero-order valence-corrected chi connectivity index (χ0v) is 29.2. The van der Waals surface area contributed by atoms with Crippen molar-refractivity contribution in [3.63, 3.8) is 0 Å². The van der Waals surface area contributed by atoms with E-state index in [1.54, 1.807) is 30.3 Å². The number of benzene rings is 2. The number of tetrazole rings is 1. The van der Waals surface area contributed by atoms with Gasteiger partial charge >= 0.3 is 6.09 Å². The summed E-state index contributed by atoms with van der Waals surface area (Å²) in [5, 5.41) is 23.6. The minimum atomic E-state index is -0.966. The molecule has 51 heavy (non-hydrogen) atoms. The van der Waals surface area contributed by atoms with E-state index in [0.29, 0.717) is 42.3 Å². The van der Waals surface area contributed by atoms with Crippen LogP contribution < -0.4 is 21.7 Å². The van der Waals surface area contributed by atoms with E-state index in [4.69, 9.17) is 26.1 Å². The lowest BCUT2D eigenvalue weighted by atomic mass is 9.81. The third-order valence-electron chi connectivity index (χ3n) is 8.46. The molecule has 1 saturated carbocycles. The molecule has 1 aliphatic carbocycles. The number of rotatable bonds is 9. The number of carbonyl (C=O) groups is 4. The molecular formula is C36H45N9O6. The lowest BCUT2D eigenvalue weighted by Crippen LogP contribution is -2.50. The molecule has 4 aromatic rings. The van der Waals surface area contributed by atoms with E-state index in [-0.39, 0.29) is 30.6 Å². The number of carboxylic acid groups (broad SMARTS) is 1. The Morgan fingerprint density at radius 2 is 1.65 bits per heavy atom. The number of aromatic amines is 1. The molecule has 3 amide bonds. The third-order valence-corrected chi connectivity index (χ3v) is 8.46. The molecule has 1 atom stereocenters. The summed E-state index contributed by atoms with van der Waals surface area (Å²) >= 11 is 0. The van der Waals surface area contributed by atoms with Crippen LogP contribution in [0.1, 0.15) is 57.7 Å². The van der Waals surface area contributed by atoms with E-state index < -0.39 is 23.6 Å². The lowest BCUT2D eigenvalue weighted by molar-refractivity contribution is -0.130. The highest BCUT2D eigenvalue weighted by molar-refractivity contribution is 6.17. The second kappa shape index (κ2) is 17.3. The molecule has 0 radical (unpaired) electrons. The first-order valence-electron chi connectivity index (χ1n) is 16.6. The van der Waals surface area contributed by atoms with Gasteiger partial charge in [0.25, 0.3) is 12.4 Å². The van der Waals surface area contributed by atoms with Crippen LogP contribution in [0.25, 0.3) is 22.5 Å². The third kappa shape index (κ3) is 10.6. The maximum atomic E-state index is 14.1. The quantitative estimate of drug-likeness (QED) is 0.154. The Morgan fingerprint density at radius 3 is 2.22 bits per heavy atom. The normalized spacial score (nSPS) is 16.2. The second-order valence-corrected chi connectivity index (χ2v) is 13.4. The van der Waals surface area contributed by atoms with Crippen LogP contribution in [0.3, 0.4) is 0 Å². The Morgan fingerprint density at radius 1 is 1.02 bits per heavy atom. The monoisotopic (exact) mass is 699 g/mol. The zero-order valence-electron chi connectivity index (χ0n) is 29.2. The van der Waals surface area contributed by atoms with Gasteiger partial charge in [0, 0.05) is 29.3 Å². The molecule has 2 aromatic carbocycles. The van der Waals surface area contributed by atoms with Crippen molar-refractivity contribution in [1.29, 1.82) is 0 Å². The van der Waals surface area contributed by atoms with Crippen molar-refractivity contribution >= 4 is 35.9 Å². The van der Waals surface area contributed by atoms with E-state index in [0.717, 1.165) is 35.2 Å². The molecule has 15 heteroatoms. The molecule has 1 fully saturated rings. The average molecular weight is 700 g/mol. The number of pyridine rings is 1. The van der Waals surface area contributed by atoms with Crippen LogP contribution in [-0.4, -0.2) is 73.3 Å². The number of H-pyrrole nitrogens is 1. The van der Waals surface area contributed by atoms with E-state index in [2.05, 4.69) is 30.9 Å². The summed E-state index contributed by atoms with van der Waals surface area (Å²) in [5.74, 6) is 0.000349. The van der Waals surface area contributed by atoms with Gasteiger partial charge in [-0.3, -0.25) is 14.4 Å². The van der Waals surface area contributed by atoms with Gasteiger partial charge in [-0.05, 0) is 124 Å². The summed E-state index contributed by atoms with van der Waals surface area (Å²) in [4.78, 5) is 54.2. The van der Waals surface area contributed by atoms with Crippen molar-refractivity contribution in [2.24, 2.45) is 17.6 Å². The van der Waals surface area contributed by atoms with Crippen LogP contribution in [0.2, 0.25) is 0 Å². The van der Waals surface area contributed by atoms with Crippen LogP contribution >= 0.6 is 0 Å². The molecule has 0 spiro atoms. The largest absolute Gasteiger partial charge is 0.483 e. The van der Waals surface area contributed by atoms with Gasteiger partial charge in [0.05, 0.1) is 11.7 Å². The summed E-state index contributed by atoms with van der Waals surface area (Å²) in [7, 11) is 0. The Balaban J connectivity index is 0.00000188. The predicted octanol–water partition coefficient (Wildman–Crippen LogP) is 4.28. The number of aromatic nitrogens is 5. The smallest absolute Gasteiger partial charge is 0.407 e. The Labute approximate surface area is 296 Å². The molecule has 2 aromatic heterocycles. The van der Waals surface area contributed by atoms with Gasteiger partial charge < -0.3 is 26.6 Å². The van der Waals surface area contributed by atoms with Crippen molar-refractivity contribution in [3.05, 3.63) is 71.9 Å². The first-order chi connectivity index (χ1) is 24.3.